The number of nitrogens with zero attached hydrogens (tertiary/aromatic N) is 2. The van der Waals surface area contributed by atoms with Gasteiger partial charge in [-0.1, -0.05) is 54.6 Å². The van der Waals surface area contributed by atoms with Crippen LogP contribution in [-0.2, 0) is 23.1 Å². The van der Waals surface area contributed by atoms with Crippen LogP contribution in [0.3, 0.4) is 0 Å². The molecule has 7 nitrogen and oxygen atoms in total. The number of benzene rings is 4. The normalized spacial score (nSPS) is 14.9. The zero-order chi connectivity index (χ0) is 28.1. The zero-order valence-corrected chi connectivity index (χ0v) is 24.1. The van der Waals surface area contributed by atoms with E-state index in [1.165, 1.54) is 46.5 Å². The van der Waals surface area contributed by atoms with Gasteiger partial charge in [-0.25, -0.2) is 8.42 Å². The largest absolute Gasteiger partial charge is 0.497 e. The molecule has 0 unspecified atom stereocenters. The number of sulfonamides is 1. The number of piperidine rings is 1. The Bertz CT molecular complexity index is 1560. The Kier molecular flexibility index (Phi) is 8.59. The molecule has 4 aromatic carbocycles. The molecule has 8 heteroatoms. The lowest BCUT2D eigenvalue weighted by Gasteiger charge is -2.32. The van der Waals surface area contributed by atoms with E-state index in [1.54, 1.807) is 12.1 Å². The van der Waals surface area contributed by atoms with Gasteiger partial charge >= 0.3 is 0 Å². The molecule has 5 rings (SSSR count). The van der Waals surface area contributed by atoms with Crippen molar-refractivity contribution >= 4 is 20.8 Å². The van der Waals surface area contributed by atoms with Gasteiger partial charge in [0, 0.05) is 32.2 Å². The number of hydrogen-bond donors (Lipinski definition) is 0. The van der Waals surface area contributed by atoms with Crippen molar-refractivity contribution in [3.05, 3.63) is 96.1 Å². The molecule has 1 saturated heterocycles. The molecule has 40 heavy (non-hydrogen) atoms. The predicted molar refractivity (Wildman–Crippen MR) is 158 cm³/mol. The zero-order valence-electron chi connectivity index (χ0n) is 23.2. The summed E-state index contributed by atoms with van der Waals surface area (Å²) in [6, 6.07) is 27.9. The molecule has 210 valence electrons. The second-order valence-corrected chi connectivity index (χ2v) is 12.1. The fourth-order valence-corrected chi connectivity index (χ4v) is 6.95. The summed E-state index contributed by atoms with van der Waals surface area (Å²) in [7, 11) is 1.38. The van der Waals surface area contributed by atoms with Gasteiger partial charge in [0.25, 0.3) is 0 Å². The second-order valence-electron chi connectivity index (χ2n) is 10.2. The summed E-state index contributed by atoms with van der Waals surface area (Å²) in [5.74, 6) is 1.59. The third kappa shape index (κ3) is 6.25. The third-order valence-corrected chi connectivity index (χ3v) is 9.28. The molecule has 0 atom stereocenters. The number of fused-ring (bicyclic) bond motifs is 1. The molecule has 0 spiro atoms. The van der Waals surface area contributed by atoms with Crippen molar-refractivity contribution in [1.29, 1.82) is 0 Å². The van der Waals surface area contributed by atoms with Crippen molar-refractivity contribution in [3.63, 3.8) is 0 Å². The van der Waals surface area contributed by atoms with Gasteiger partial charge in [0.2, 0.25) is 10.0 Å². The Morgan fingerprint density at radius 3 is 2.35 bits per heavy atom. The Balaban J connectivity index is 1.19. The van der Waals surface area contributed by atoms with Crippen molar-refractivity contribution in [2.75, 3.05) is 34.4 Å². The summed E-state index contributed by atoms with van der Waals surface area (Å²) in [4.78, 5) is 2.42. The molecule has 0 saturated carbocycles. The molecule has 0 aliphatic carbocycles. The van der Waals surface area contributed by atoms with E-state index in [-0.39, 0.29) is 11.0 Å². The first-order valence-electron chi connectivity index (χ1n) is 13.5. The molecule has 0 aromatic heterocycles. The van der Waals surface area contributed by atoms with Crippen LogP contribution in [-0.4, -0.2) is 58.1 Å². The van der Waals surface area contributed by atoms with E-state index >= 15 is 0 Å². The third-order valence-electron chi connectivity index (χ3n) is 7.36. The maximum absolute atomic E-state index is 13.4. The number of hydrogen-bond acceptors (Lipinski definition) is 6. The van der Waals surface area contributed by atoms with Crippen LogP contribution >= 0.6 is 0 Å². The summed E-state index contributed by atoms with van der Waals surface area (Å²) < 4.78 is 45.2. The Morgan fingerprint density at radius 2 is 1.57 bits per heavy atom. The van der Waals surface area contributed by atoms with Crippen LogP contribution in [0, 0.1) is 0 Å². The molecule has 4 aromatic rings. The molecule has 0 N–H and O–H groups in total. The van der Waals surface area contributed by atoms with Gasteiger partial charge in [-0.2, -0.15) is 4.31 Å². The summed E-state index contributed by atoms with van der Waals surface area (Å²) in [5.41, 5.74) is 2.48. The number of rotatable bonds is 10. The van der Waals surface area contributed by atoms with Gasteiger partial charge < -0.3 is 14.2 Å². The van der Waals surface area contributed by atoms with Gasteiger partial charge in [0.15, 0.2) is 0 Å². The van der Waals surface area contributed by atoms with E-state index in [2.05, 4.69) is 66.5 Å². The number of ether oxygens (including phenoxy) is 3. The van der Waals surface area contributed by atoms with Gasteiger partial charge in [-0.15, -0.1) is 0 Å². The SMILES string of the molecule is COc1ccc(OC)c(S(=O)(=O)N2CCC(Oc3cccc(CN(C)Cc4cccc5ccccc45)c3)CC2)c1. The maximum Gasteiger partial charge on any atom is 0.246 e. The van der Waals surface area contributed by atoms with E-state index < -0.39 is 10.0 Å². The molecule has 1 fully saturated rings. The van der Waals surface area contributed by atoms with Crippen molar-refractivity contribution in [2.24, 2.45) is 0 Å². The van der Waals surface area contributed by atoms with Gasteiger partial charge in [-0.05, 0) is 66.1 Å². The monoisotopic (exact) mass is 560 g/mol. The minimum Gasteiger partial charge on any atom is -0.497 e. The highest BCUT2D eigenvalue weighted by Crippen LogP contribution is 2.32. The van der Waals surface area contributed by atoms with Crippen LogP contribution < -0.4 is 14.2 Å². The van der Waals surface area contributed by atoms with Crippen LogP contribution in [0.2, 0.25) is 0 Å². The van der Waals surface area contributed by atoms with E-state index in [9.17, 15) is 8.42 Å². The summed E-state index contributed by atoms with van der Waals surface area (Å²) in [6.07, 6.45) is 1.16. The topological polar surface area (TPSA) is 68.3 Å². The van der Waals surface area contributed by atoms with E-state index in [1.807, 2.05) is 12.1 Å². The Morgan fingerprint density at radius 1 is 0.825 bits per heavy atom. The van der Waals surface area contributed by atoms with E-state index in [4.69, 9.17) is 14.2 Å². The summed E-state index contributed by atoms with van der Waals surface area (Å²) in [6.45, 7) is 2.39. The lowest BCUT2D eigenvalue weighted by atomic mass is 10.0. The maximum atomic E-state index is 13.4. The van der Waals surface area contributed by atoms with Crippen LogP contribution in [0.25, 0.3) is 10.8 Å². The van der Waals surface area contributed by atoms with E-state index in [0.717, 1.165) is 18.8 Å². The highest BCUT2D eigenvalue weighted by atomic mass is 32.2. The Labute approximate surface area is 236 Å². The lowest BCUT2D eigenvalue weighted by Crippen LogP contribution is -2.41. The van der Waals surface area contributed by atoms with Crippen molar-refractivity contribution < 1.29 is 22.6 Å². The average molecular weight is 561 g/mol. The fraction of sp³-hybridized carbons (Fsp3) is 0.312. The van der Waals surface area contributed by atoms with Gasteiger partial charge in [-0.3, -0.25) is 4.90 Å². The van der Waals surface area contributed by atoms with Crippen molar-refractivity contribution in [2.45, 2.75) is 36.9 Å². The van der Waals surface area contributed by atoms with Gasteiger partial charge in [0.05, 0.1) is 14.2 Å². The summed E-state index contributed by atoms with van der Waals surface area (Å²) >= 11 is 0. The van der Waals surface area contributed by atoms with Crippen LogP contribution in [0.4, 0.5) is 0 Å². The smallest absolute Gasteiger partial charge is 0.246 e. The average Bonchev–Trinajstić information content (AvgIpc) is 2.97. The first-order chi connectivity index (χ1) is 19.4. The Hall–Kier alpha value is -3.59. The van der Waals surface area contributed by atoms with Crippen LogP contribution in [0.5, 0.6) is 17.2 Å². The predicted octanol–water partition coefficient (Wildman–Crippen LogP) is 5.72. The van der Waals surface area contributed by atoms with Crippen LogP contribution in [0.15, 0.2) is 89.8 Å². The van der Waals surface area contributed by atoms with Crippen LogP contribution in [0.1, 0.15) is 24.0 Å². The summed E-state index contributed by atoms with van der Waals surface area (Å²) in [5, 5.41) is 2.54. The minimum atomic E-state index is -3.73. The first kappa shape index (κ1) is 28.0. The highest BCUT2D eigenvalue weighted by Gasteiger charge is 2.32. The highest BCUT2D eigenvalue weighted by molar-refractivity contribution is 7.89. The molecule has 0 radical (unpaired) electrons. The molecule has 0 bridgehead atoms. The fourth-order valence-electron chi connectivity index (χ4n) is 5.31. The molecular weight excluding hydrogens is 524 g/mol. The lowest BCUT2D eigenvalue weighted by molar-refractivity contribution is 0.135. The molecule has 1 heterocycles. The first-order valence-corrected chi connectivity index (χ1v) is 14.9. The standard InChI is InChI=1S/C32H36N2O5S/c1-33(23-26-11-7-10-25-9-4-5-13-30(25)26)22-24-8-6-12-29(20-24)39-27-16-18-34(19-17-27)40(35,36)32-21-28(37-2)14-15-31(32)38-3/h4-15,20-21,27H,16-19,22-23H2,1-3H3. The molecular formula is C32H36N2O5S. The van der Waals surface area contributed by atoms with E-state index in [0.29, 0.717) is 37.4 Å². The van der Waals surface area contributed by atoms with Crippen molar-refractivity contribution in [3.8, 4) is 17.2 Å². The molecule has 0 amide bonds. The number of methoxy groups -OCH3 is 2. The molecule has 1 aliphatic heterocycles. The van der Waals surface area contributed by atoms with Gasteiger partial charge in [0.1, 0.15) is 28.2 Å². The quantitative estimate of drug-likeness (QED) is 0.247. The van der Waals surface area contributed by atoms with Crippen molar-refractivity contribution in [1.82, 2.24) is 9.21 Å². The minimum absolute atomic E-state index is 0.0534. The second kappa shape index (κ2) is 12.3. The molecule has 1 aliphatic rings.